The second-order valence-corrected chi connectivity index (χ2v) is 4.55. The zero-order valence-electron chi connectivity index (χ0n) is 9.32. The number of aliphatic carboxylic acids is 1. The van der Waals surface area contributed by atoms with E-state index < -0.39 is 12.0 Å². The lowest BCUT2D eigenvalue weighted by Gasteiger charge is -2.29. The molecule has 0 radical (unpaired) electrons. The minimum absolute atomic E-state index is 0.0289. The van der Waals surface area contributed by atoms with Gasteiger partial charge in [-0.3, -0.25) is 4.79 Å². The number of carboxylic acid groups (broad SMARTS) is 1. The molecule has 2 heterocycles. The normalized spacial score (nSPS) is 27.0. The van der Waals surface area contributed by atoms with Crippen molar-refractivity contribution in [3.05, 3.63) is 0 Å². The van der Waals surface area contributed by atoms with Gasteiger partial charge in [0.2, 0.25) is 5.91 Å². The summed E-state index contributed by atoms with van der Waals surface area (Å²) in [5.41, 5.74) is 0. The first kappa shape index (κ1) is 11.4. The summed E-state index contributed by atoms with van der Waals surface area (Å²) < 4.78 is 0. The molecule has 0 bridgehead atoms. The predicted molar refractivity (Wildman–Crippen MR) is 58.0 cm³/mol. The lowest BCUT2D eigenvalue weighted by molar-refractivity contribution is -0.150. The van der Waals surface area contributed by atoms with E-state index in [-0.39, 0.29) is 11.8 Å². The van der Waals surface area contributed by atoms with Gasteiger partial charge in [0.1, 0.15) is 6.04 Å². The molecule has 0 aliphatic carbocycles. The van der Waals surface area contributed by atoms with Crippen LogP contribution in [0.15, 0.2) is 0 Å². The van der Waals surface area contributed by atoms with Crippen LogP contribution in [-0.4, -0.2) is 47.6 Å². The average Bonchev–Trinajstić information content (AvgIpc) is 2.78. The van der Waals surface area contributed by atoms with Crippen LogP contribution in [0.1, 0.15) is 25.7 Å². The van der Waals surface area contributed by atoms with Gasteiger partial charge in [0.05, 0.1) is 0 Å². The summed E-state index contributed by atoms with van der Waals surface area (Å²) in [4.78, 5) is 24.7. The summed E-state index contributed by atoms with van der Waals surface area (Å²) in [6.45, 7) is 2.34. The molecule has 1 unspecified atom stereocenters. The van der Waals surface area contributed by atoms with Crippen molar-refractivity contribution in [3.8, 4) is 0 Å². The molecule has 2 rings (SSSR count). The standard InChI is InChI=1S/C11H18N2O3/c14-10(8-3-5-12-6-4-8)13-7-1-2-9(13)11(15)16/h8-9,12H,1-7H2,(H,15,16). The largest absolute Gasteiger partial charge is 0.480 e. The molecule has 5 nitrogen and oxygen atoms in total. The minimum Gasteiger partial charge on any atom is -0.480 e. The highest BCUT2D eigenvalue weighted by molar-refractivity contribution is 5.85. The van der Waals surface area contributed by atoms with Crippen molar-refractivity contribution in [2.75, 3.05) is 19.6 Å². The van der Waals surface area contributed by atoms with Crippen LogP contribution in [0.4, 0.5) is 0 Å². The fourth-order valence-electron chi connectivity index (χ4n) is 2.59. The Bertz CT molecular complexity index is 287. The number of carbonyl (C=O) groups excluding carboxylic acids is 1. The van der Waals surface area contributed by atoms with Gasteiger partial charge in [-0.05, 0) is 38.8 Å². The van der Waals surface area contributed by atoms with Crippen LogP contribution in [-0.2, 0) is 9.59 Å². The van der Waals surface area contributed by atoms with E-state index in [4.69, 9.17) is 5.11 Å². The Labute approximate surface area is 94.8 Å². The number of carboxylic acids is 1. The number of rotatable bonds is 2. The topological polar surface area (TPSA) is 69.6 Å². The van der Waals surface area contributed by atoms with Crippen molar-refractivity contribution >= 4 is 11.9 Å². The lowest BCUT2D eigenvalue weighted by atomic mass is 9.96. The van der Waals surface area contributed by atoms with Crippen LogP contribution in [0.3, 0.4) is 0 Å². The predicted octanol–water partition coefficient (Wildman–Crippen LogP) is 0.0616. The van der Waals surface area contributed by atoms with Crippen molar-refractivity contribution in [2.24, 2.45) is 5.92 Å². The van der Waals surface area contributed by atoms with Crippen molar-refractivity contribution < 1.29 is 14.7 Å². The maximum absolute atomic E-state index is 12.2. The molecule has 0 spiro atoms. The molecule has 2 saturated heterocycles. The second-order valence-electron chi connectivity index (χ2n) is 4.55. The number of amides is 1. The number of hydrogen-bond donors (Lipinski definition) is 2. The van der Waals surface area contributed by atoms with Gasteiger partial charge >= 0.3 is 5.97 Å². The highest BCUT2D eigenvalue weighted by Gasteiger charge is 2.37. The molecule has 1 amide bonds. The molecule has 2 N–H and O–H groups in total. The monoisotopic (exact) mass is 226 g/mol. The van der Waals surface area contributed by atoms with E-state index in [9.17, 15) is 9.59 Å². The van der Waals surface area contributed by atoms with Crippen LogP contribution >= 0.6 is 0 Å². The Balaban J connectivity index is 1.99. The third-order valence-corrected chi connectivity index (χ3v) is 3.51. The first-order valence-corrected chi connectivity index (χ1v) is 5.94. The highest BCUT2D eigenvalue weighted by Crippen LogP contribution is 2.23. The highest BCUT2D eigenvalue weighted by atomic mass is 16.4. The fourth-order valence-corrected chi connectivity index (χ4v) is 2.59. The molecule has 2 aliphatic rings. The molecule has 16 heavy (non-hydrogen) atoms. The molecule has 0 saturated carbocycles. The molecule has 0 aromatic rings. The Kier molecular flexibility index (Phi) is 3.43. The first-order valence-electron chi connectivity index (χ1n) is 5.94. The van der Waals surface area contributed by atoms with Crippen molar-refractivity contribution in [3.63, 3.8) is 0 Å². The van der Waals surface area contributed by atoms with E-state index in [1.54, 1.807) is 4.90 Å². The number of piperidine rings is 1. The van der Waals surface area contributed by atoms with E-state index in [0.717, 1.165) is 32.4 Å². The molecule has 0 aromatic heterocycles. The third kappa shape index (κ3) is 2.19. The van der Waals surface area contributed by atoms with E-state index in [1.165, 1.54) is 0 Å². The summed E-state index contributed by atoms with van der Waals surface area (Å²) in [7, 11) is 0. The molecular weight excluding hydrogens is 208 g/mol. The van der Waals surface area contributed by atoms with E-state index in [0.29, 0.717) is 13.0 Å². The van der Waals surface area contributed by atoms with Gasteiger partial charge in [-0.2, -0.15) is 0 Å². The van der Waals surface area contributed by atoms with Gasteiger partial charge in [-0.15, -0.1) is 0 Å². The Morgan fingerprint density at radius 1 is 1.19 bits per heavy atom. The molecular formula is C11H18N2O3. The summed E-state index contributed by atoms with van der Waals surface area (Å²) in [6.07, 6.45) is 3.09. The van der Waals surface area contributed by atoms with Crippen LogP contribution < -0.4 is 5.32 Å². The van der Waals surface area contributed by atoms with Gasteiger partial charge in [0.25, 0.3) is 0 Å². The molecule has 90 valence electrons. The van der Waals surface area contributed by atoms with Gasteiger partial charge < -0.3 is 15.3 Å². The lowest BCUT2D eigenvalue weighted by Crippen LogP contribution is -2.45. The molecule has 2 aliphatic heterocycles. The van der Waals surface area contributed by atoms with Gasteiger partial charge in [-0.25, -0.2) is 4.79 Å². The quantitative estimate of drug-likeness (QED) is 0.698. The summed E-state index contributed by atoms with van der Waals surface area (Å²) >= 11 is 0. The zero-order chi connectivity index (χ0) is 11.5. The number of carbonyl (C=O) groups is 2. The van der Waals surface area contributed by atoms with E-state index in [2.05, 4.69) is 5.32 Å². The number of likely N-dealkylation sites (tertiary alicyclic amines) is 1. The maximum Gasteiger partial charge on any atom is 0.326 e. The number of nitrogens with one attached hydrogen (secondary N) is 1. The zero-order valence-corrected chi connectivity index (χ0v) is 9.32. The summed E-state index contributed by atoms with van der Waals surface area (Å²) in [5, 5.41) is 12.2. The van der Waals surface area contributed by atoms with Gasteiger partial charge in [-0.1, -0.05) is 0 Å². The van der Waals surface area contributed by atoms with Crippen molar-refractivity contribution in [1.29, 1.82) is 0 Å². The average molecular weight is 226 g/mol. The number of hydrogen-bond acceptors (Lipinski definition) is 3. The van der Waals surface area contributed by atoms with Crippen LogP contribution in [0.25, 0.3) is 0 Å². The molecule has 5 heteroatoms. The second kappa shape index (κ2) is 4.82. The Hall–Kier alpha value is -1.10. The Morgan fingerprint density at radius 3 is 2.50 bits per heavy atom. The van der Waals surface area contributed by atoms with Crippen molar-refractivity contribution in [2.45, 2.75) is 31.7 Å². The van der Waals surface area contributed by atoms with Crippen LogP contribution in [0.2, 0.25) is 0 Å². The van der Waals surface area contributed by atoms with Crippen molar-refractivity contribution in [1.82, 2.24) is 10.2 Å². The first-order chi connectivity index (χ1) is 7.70. The smallest absolute Gasteiger partial charge is 0.326 e. The number of nitrogens with zero attached hydrogens (tertiary/aromatic N) is 1. The maximum atomic E-state index is 12.2. The van der Waals surface area contributed by atoms with Gasteiger partial charge in [0.15, 0.2) is 0 Å². The van der Waals surface area contributed by atoms with E-state index in [1.807, 2.05) is 0 Å². The summed E-state index contributed by atoms with van der Waals surface area (Å²) in [5.74, 6) is -0.785. The van der Waals surface area contributed by atoms with Crippen LogP contribution in [0.5, 0.6) is 0 Å². The molecule has 0 aromatic carbocycles. The molecule has 2 fully saturated rings. The molecule has 1 atom stereocenters. The van der Waals surface area contributed by atoms with Gasteiger partial charge in [0, 0.05) is 12.5 Å². The summed E-state index contributed by atoms with van der Waals surface area (Å²) in [6, 6.07) is -0.581. The fraction of sp³-hybridized carbons (Fsp3) is 0.818. The SMILES string of the molecule is O=C(O)C1CCCN1C(=O)C1CCNCC1. The third-order valence-electron chi connectivity index (χ3n) is 3.51. The Morgan fingerprint density at radius 2 is 1.88 bits per heavy atom. The van der Waals surface area contributed by atoms with E-state index >= 15 is 0 Å². The minimum atomic E-state index is -0.861. The van der Waals surface area contributed by atoms with Crippen LogP contribution in [0, 0.1) is 5.92 Å².